The van der Waals surface area contributed by atoms with Crippen molar-refractivity contribution >= 4 is 91.7 Å². The zero-order chi connectivity index (χ0) is 33.1. The van der Waals surface area contributed by atoms with Gasteiger partial charge in [0, 0.05) is 30.1 Å². The monoisotopic (exact) mass is 763 g/mol. The maximum absolute atomic E-state index is 5.58. The molecule has 3 aromatic carbocycles. The zero-order valence-electron chi connectivity index (χ0n) is 26.1. The van der Waals surface area contributed by atoms with Crippen LogP contribution < -0.4 is 17.4 Å². The molecule has 0 aliphatic carbocycles. The highest BCUT2D eigenvalue weighted by Gasteiger charge is 2.14. The largest absolute Gasteiger partial charge is 1.00 e. The van der Waals surface area contributed by atoms with Crippen molar-refractivity contribution in [3.8, 4) is 0 Å². The number of hydrogen-bond acceptors (Lipinski definition) is 6. The topological polar surface area (TPSA) is 99.7 Å². The molecule has 8 rings (SSSR count). The summed E-state index contributed by atoms with van der Waals surface area (Å²) in [5.41, 5.74) is 10.8. The summed E-state index contributed by atoms with van der Waals surface area (Å²) < 4.78 is 0.682. The summed E-state index contributed by atoms with van der Waals surface area (Å²) in [6.07, 6.45) is 0.933. The predicted molar refractivity (Wildman–Crippen MR) is 204 cm³/mol. The molecule has 0 bridgehead atoms. The van der Waals surface area contributed by atoms with E-state index < -0.39 is 0 Å². The second kappa shape index (κ2) is 18.4. The second-order valence-corrected chi connectivity index (χ2v) is 13.6. The normalized spacial score (nSPS) is 11.5. The van der Waals surface area contributed by atoms with Gasteiger partial charge in [0.1, 0.15) is 11.8 Å². The van der Waals surface area contributed by atoms with Crippen LogP contribution in [0.3, 0.4) is 0 Å². The smallest absolute Gasteiger partial charge is 0.194 e. The van der Waals surface area contributed by atoms with Crippen LogP contribution in [0.1, 0.15) is 28.3 Å². The molecule has 49 heavy (non-hydrogen) atoms. The highest BCUT2D eigenvalue weighted by atomic mass is 35.5. The molecule has 250 valence electrons. The van der Waals surface area contributed by atoms with Crippen LogP contribution in [0.5, 0.6) is 0 Å². The van der Waals surface area contributed by atoms with Crippen LogP contribution in [-0.4, -0.2) is 30.0 Å². The van der Waals surface area contributed by atoms with Crippen LogP contribution >= 0.6 is 58.9 Å². The van der Waals surface area contributed by atoms with E-state index in [2.05, 4.69) is 61.3 Å². The lowest BCUT2D eigenvalue weighted by Gasteiger charge is -2.04. The summed E-state index contributed by atoms with van der Waals surface area (Å²) in [5.74, 6) is 2.65. The van der Waals surface area contributed by atoms with Crippen molar-refractivity contribution in [2.45, 2.75) is 34.8 Å². The number of aromatic nitrogens is 6. The number of aliphatic imine (C=N–C) groups is 1. The molecule has 7 nitrogen and oxygen atoms in total. The minimum atomic E-state index is 0. The Labute approximate surface area is 314 Å². The number of thioether (sulfide) groups is 2. The lowest BCUT2D eigenvalue weighted by atomic mass is 10.2. The number of pyridine rings is 2. The molecular weight excluding hydrogens is 733 g/mol. The first-order valence-electron chi connectivity index (χ1n) is 15.2. The third kappa shape index (κ3) is 10.4. The molecule has 0 saturated carbocycles. The Balaban J connectivity index is 0.000000182. The highest BCUT2D eigenvalue weighted by molar-refractivity contribution is 8.13. The molecule has 0 radical (unpaired) electrons. The SMILES string of the molecule is ClCc1cccc(CCl)[nH+]1.S=c1[nH]c2ccccc2[nH]1.[Cl-].c1cc(CSC2=Nc3ccccc3C2)nc(CSc2nc3ccccc3[nH]2)c1. The fourth-order valence-corrected chi connectivity index (χ4v) is 7.10. The Hall–Kier alpha value is -3.64. The average Bonchev–Trinajstić information content (AvgIpc) is 3.86. The van der Waals surface area contributed by atoms with Gasteiger partial charge in [0.15, 0.2) is 21.3 Å². The average molecular weight is 765 g/mol. The lowest BCUT2D eigenvalue weighted by molar-refractivity contribution is -0.398. The van der Waals surface area contributed by atoms with Gasteiger partial charge in [0.2, 0.25) is 0 Å². The quantitative estimate of drug-likeness (QED) is 0.0925. The molecule has 0 atom stereocenters. The minimum Gasteiger partial charge on any atom is -1.00 e. The summed E-state index contributed by atoms with van der Waals surface area (Å²) >= 11 is 19.5. The van der Waals surface area contributed by atoms with Gasteiger partial charge in [-0.15, -0.1) is 35.0 Å². The van der Waals surface area contributed by atoms with Gasteiger partial charge in [-0.1, -0.05) is 60.3 Å². The first kappa shape index (κ1) is 36.6. The van der Waals surface area contributed by atoms with Crippen LogP contribution in [0.25, 0.3) is 22.1 Å². The first-order chi connectivity index (χ1) is 23.6. The fourth-order valence-electron chi connectivity index (χ4n) is 4.88. The molecule has 4 aromatic heterocycles. The third-order valence-corrected chi connectivity index (χ3v) is 9.88. The summed E-state index contributed by atoms with van der Waals surface area (Å²) in [5, 5.41) is 2.10. The van der Waals surface area contributed by atoms with E-state index >= 15 is 0 Å². The van der Waals surface area contributed by atoms with Crippen molar-refractivity contribution in [1.82, 2.24) is 24.9 Å². The van der Waals surface area contributed by atoms with E-state index in [0.29, 0.717) is 16.5 Å². The van der Waals surface area contributed by atoms with E-state index in [0.717, 1.165) is 73.6 Å². The van der Waals surface area contributed by atoms with Crippen LogP contribution in [0.2, 0.25) is 0 Å². The molecule has 0 unspecified atom stereocenters. The molecule has 1 aliphatic heterocycles. The highest BCUT2D eigenvalue weighted by Crippen LogP contribution is 2.31. The Bertz CT molecular complexity index is 2130. The molecule has 7 aromatic rings. The van der Waals surface area contributed by atoms with E-state index in [9.17, 15) is 0 Å². The standard InChI is InChI=1S/C22H18N4S2.C7H7Cl2N.C7H6N2S.ClH/c1-2-9-18-15(6-1)12-21(24-18)27-13-16-7-5-8-17(23-16)14-28-22-25-19-10-3-4-11-20(19)26-22;8-4-6-2-1-3-7(5-9)10-6;10-7-8-5-3-1-2-4-6(5)9-7;/h1-11H,12-14H2,(H,25,26);1-3H,4-5H2;1-4H,(H2,8,9,10);1H. The number of halogens is 3. The molecule has 4 N–H and O–H groups in total. The van der Waals surface area contributed by atoms with Gasteiger partial charge >= 0.3 is 0 Å². The minimum absolute atomic E-state index is 0. The molecule has 1 aliphatic rings. The maximum atomic E-state index is 5.58. The number of imidazole rings is 2. The van der Waals surface area contributed by atoms with E-state index in [1.165, 1.54) is 10.6 Å². The molecule has 5 heterocycles. The number of para-hydroxylation sites is 5. The number of hydrogen-bond donors (Lipinski definition) is 3. The molecular formula is C36H32Cl3N7S3. The van der Waals surface area contributed by atoms with Crippen LogP contribution in [-0.2, 0) is 29.7 Å². The Kier molecular flexibility index (Phi) is 13.7. The van der Waals surface area contributed by atoms with E-state index in [-0.39, 0.29) is 12.4 Å². The van der Waals surface area contributed by atoms with E-state index in [1.54, 1.807) is 23.5 Å². The van der Waals surface area contributed by atoms with Crippen LogP contribution in [0.15, 0.2) is 119 Å². The Morgan fingerprint density at radius 1 is 0.653 bits per heavy atom. The maximum Gasteiger partial charge on any atom is 0.194 e. The van der Waals surface area contributed by atoms with Crippen molar-refractivity contribution in [2.24, 2.45) is 4.99 Å². The summed E-state index contributed by atoms with van der Waals surface area (Å²) in [6, 6.07) is 36.4. The van der Waals surface area contributed by atoms with Gasteiger partial charge in [-0.25, -0.2) is 15.0 Å². The molecule has 13 heteroatoms. The zero-order valence-corrected chi connectivity index (χ0v) is 30.8. The fraction of sp³-hybridized carbons (Fsp3) is 0.139. The molecule has 0 spiro atoms. The number of nitrogens with zero attached hydrogens (tertiary/aromatic N) is 3. The number of rotatable bonds is 7. The van der Waals surface area contributed by atoms with Crippen molar-refractivity contribution in [1.29, 1.82) is 0 Å². The summed E-state index contributed by atoms with van der Waals surface area (Å²) in [6.45, 7) is 0. The predicted octanol–water partition coefficient (Wildman–Crippen LogP) is 6.98. The van der Waals surface area contributed by atoms with Gasteiger partial charge in [0.05, 0.1) is 44.2 Å². The molecule has 0 fully saturated rings. The van der Waals surface area contributed by atoms with E-state index in [1.807, 2.05) is 72.8 Å². The number of aromatic amines is 4. The van der Waals surface area contributed by atoms with Gasteiger partial charge in [-0.3, -0.25) is 4.98 Å². The number of fused-ring (bicyclic) bond motifs is 3. The lowest BCUT2D eigenvalue weighted by Crippen LogP contribution is -3.00. The van der Waals surface area contributed by atoms with Gasteiger partial charge in [0.25, 0.3) is 0 Å². The van der Waals surface area contributed by atoms with Crippen molar-refractivity contribution in [2.75, 3.05) is 0 Å². The number of nitrogens with one attached hydrogen (secondary N) is 4. The first-order valence-corrected chi connectivity index (χ1v) is 18.6. The Morgan fingerprint density at radius 3 is 1.90 bits per heavy atom. The van der Waals surface area contributed by atoms with Crippen molar-refractivity contribution in [3.63, 3.8) is 0 Å². The van der Waals surface area contributed by atoms with Gasteiger partial charge in [-0.2, -0.15) is 0 Å². The van der Waals surface area contributed by atoms with Crippen LogP contribution in [0.4, 0.5) is 5.69 Å². The van der Waals surface area contributed by atoms with Gasteiger partial charge < -0.3 is 27.4 Å². The number of alkyl halides is 2. The summed E-state index contributed by atoms with van der Waals surface area (Å²) in [7, 11) is 0. The van der Waals surface area contributed by atoms with Gasteiger partial charge in [-0.05, 0) is 66.3 Å². The second-order valence-electron chi connectivity index (χ2n) is 10.7. The molecule has 0 amide bonds. The van der Waals surface area contributed by atoms with Crippen molar-refractivity contribution in [3.05, 3.63) is 142 Å². The van der Waals surface area contributed by atoms with Crippen molar-refractivity contribution < 1.29 is 17.4 Å². The molecule has 0 saturated heterocycles. The summed E-state index contributed by atoms with van der Waals surface area (Å²) in [4.78, 5) is 26.6. The van der Waals surface area contributed by atoms with E-state index in [4.69, 9.17) is 45.4 Å². The number of H-pyrrole nitrogens is 4. The Morgan fingerprint density at radius 2 is 1.24 bits per heavy atom. The third-order valence-electron chi connectivity index (χ3n) is 7.18. The number of benzene rings is 3. The van der Waals surface area contributed by atoms with Crippen LogP contribution in [0, 0.1) is 4.77 Å².